The molecule has 216 valence electrons. The molecule has 5 aromatic rings. The molecule has 42 heavy (non-hydrogen) atoms. The third kappa shape index (κ3) is 5.56. The summed E-state index contributed by atoms with van der Waals surface area (Å²) in [6, 6.07) is 13.0. The van der Waals surface area contributed by atoms with Gasteiger partial charge in [0.25, 0.3) is 26.1 Å². The van der Waals surface area contributed by atoms with Crippen LogP contribution in [0.1, 0.15) is 10.4 Å². The molecule has 17 heteroatoms. The van der Waals surface area contributed by atoms with Gasteiger partial charge in [-0.1, -0.05) is 0 Å². The van der Waals surface area contributed by atoms with E-state index in [1.54, 1.807) is 6.07 Å². The largest absolute Gasteiger partial charge is 0.505 e. The van der Waals surface area contributed by atoms with Gasteiger partial charge in [0.1, 0.15) is 21.2 Å². The highest BCUT2D eigenvalue weighted by molar-refractivity contribution is 7.86. The quantitative estimate of drug-likeness (QED) is 0.114. The maximum absolute atomic E-state index is 12.8. The first kappa shape index (κ1) is 28.4. The van der Waals surface area contributed by atoms with Crippen LogP contribution in [0.15, 0.2) is 85.5 Å². The summed E-state index contributed by atoms with van der Waals surface area (Å²) in [5, 5.41) is 21.2. The van der Waals surface area contributed by atoms with Crippen LogP contribution in [0.2, 0.25) is 0 Å². The lowest BCUT2D eigenvalue weighted by Gasteiger charge is -2.11. The van der Waals surface area contributed by atoms with Crippen LogP contribution in [0, 0.1) is 0 Å². The van der Waals surface area contributed by atoms with E-state index in [1.165, 1.54) is 49.6 Å². The Morgan fingerprint density at radius 2 is 1.57 bits per heavy atom. The number of aromatic amines is 2. The van der Waals surface area contributed by atoms with Crippen LogP contribution in [0.3, 0.4) is 0 Å². The van der Waals surface area contributed by atoms with E-state index < -0.39 is 53.1 Å². The highest BCUT2D eigenvalue weighted by Crippen LogP contribution is 2.42. The van der Waals surface area contributed by atoms with E-state index in [9.17, 15) is 40.6 Å². The topological polar surface area (TPSA) is 241 Å². The molecule has 15 nitrogen and oxygen atoms in total. The number of ether oxygens (including phenoxy) is 1. The van der Waals surface area contributed by atoms with E-state index in [-0.39, 0.29) is 33.5 Å². The van der Waals surface area contributed by atoms with Gasteiger partial charge in [0.2, 0.25) is 0 Å². The predicted molar refractivity (Wildman–Crippen MR) is 149 cm³/mol. The summed E-state index contributed by atoms with van der Waals surface area (Å²) in [5.74, 6) is -1.43. The van der Waals surface area contributed by atoms with Crippen LogP contribution in [0.25, 0.3) is 21.8 Å². The molecule has 1 amide bonds. The zero-order chi connectivity index (χ0) is 30.4. The number of benzene rings is 4. The zero-order valence-corrected chi connectivity index (χ0v) is 22.8. The molecule has 0 aliphatic carbocycles. The van der Waals surface area contributed by atoms with E-state index >= 15 is 0 Å². The van der Waals surface area contributed by atoms with Crippen LogP contribution in [-0.4, -0.2) is 54.0 Å². The van der Waals surface area contributed by atoms with Crippen molar-refractivity contribution in [2.45, 2.75) is 9.79 Å². The SMILES string of the molecule is COc1ccc(N=Nc2c(S(=O)(=O)O)cc3cc(NC(=O)c4ccc5[nH]c(=O)[nH]c5c4)ccc3c2O)cc1S(=O)(=O)O. The van der Waals surface area contributed by atoms with E-state index in [1.807, 2.05) is 0 Å². The van der Waals surface area contributed by atoms with Gasteiger partial charge in [0.15, 0.2) is 5.75 Å². The molecule has 0 atom stereocenters. The predicted octanol–water partition coefficient (Wildman–Crippen LogP) is 3.88. The molecular weight excluding hydrogens is 594 g/mol. The van der Waals surface area contributed by atoms with Crippen molar-refractivity contribution in [3.63, 3.8) is 0 Å². The first-order valence-electron chi connectivity index (χ1n) is 11.6. The Morgan fingerprint density at radius 3 is 2.26 bits per heavy atom. The maximum atomic E-state index is 12.8. The molecule has 0 unspecified atom stereocenters. The monoisotopic (exact) mass is 613 g/mol. The van der Waals surface area contributed by atoms with Crippen molar-refractivity contribution < 1.29 is 40.6 Å². The number of fused-ring (bicyclic) bond motifs is 2. The minimum absolute atomic E-state index is 0.0778. The molecule has 0 aliphatic heterocycles. The summed E-state index contributed by atoms with van der Waals surface area (Å²) in [4.78, 5) is 27.9. The molecule has 0 aliphatic rings. The second-order valence-electron chi connectivity index (χ2n) is 8.79. The van der Waals surface area contributed by atoms with Gasteiger partial charge in [-0.15, -0.1) is 5.11 Å². The molecule has 0 saturated carbocycles. The Hall–Kier alpha value is -5.10. The Bertz CT molecular complexity index is 2220. The Balaban J connectivity index is 1.53. The fraction of sp³-hybridized carbons (Fsp3) is 0.0400. The molecule has 6 N–H and O–H groups in total. The van der Waals surface area contributed by atoms with Crippen molar-refractivity contribution in [1.29, 1.82) is 0 Å². The number of imidazole rings is 1. The molecule has 1 aromatic heterocycles. The van der Waals surface area contributed by atoms with Gasteiger partial charge < -0.3 is 25.1 Å². The molecule has 0 spiro atoms. The smallest absolute Gasteiger partial charge is 0.323 e. The normalized spacial score (nSPS) is 12.3. The van der Waals surface area contributed by atoms with E-state index in [0.717, 1.165) is 12.1 Å². The number of phenolic OH excluding ortho intramolecular Hbond substituents is 1. The number of amides is 1. The number of methoxy groups -OCH3 is 1. The van der Waals surface area contributed by atoms with Crippen molar-refractivity contribution in [1.82, 2.24) is 9.97 Å². The standard InChI is InChI=1S/C25H19N5O10S2/c1-40-19-7-4-15(11-20(19)41(34,35)36)29-30-22-21(42(37,38)39)10-13-8-14(3-5-16(13)23(22)31)26-24(32)12-2-6-17-18(9-12)28-25(33)27-17/h2-11,31H,1H3,(H,26,32)(H2,27,28,33)(H,34,35,36)(H,37,38,39). The maximum Gasteiger partial charge on any atom is 0.323 e. The Labute approximate surface area is 236 Å². The van der Waals surface area contributed by atoms with Gasteiger partial charge in [-0.25, -0.2) is 4.79 Å². The summed E-state index contributed by atoms with van der Waals surface area (Å²) in [5.41, 5.74) is 0.0990. The highest BCUT2D eigenvalue weighted by Gasteiger charge is 2.23. The van der Waals surface area contributed by atoms with Gasteiger partial charge in [-0.2, -0.15) is 21.9 Å². The molecule has 0 saturated heterocycles. The fourth-order valence-electron chi connectivity index (χ4n) is 4.14. The summed E-state index contributed by atoms with van der Waals surface area (Å²) in [6.45, 7) is 0. The number of azo groups is 1. The second-order valence-corrected chi connectivity index (χ2v) is 11.6. The lowest BCUT2D eigenvalue weighted by Crippen LogP contribution is -2.11. The number of aromatic nitrogens is 2. The molecule has 0 fully saturated rings. The molecule has 5 rings (SSSR count). The van der Waals surface area contributed by atoms with Crippen LogP contribution in [0.4, 0.5) is 17.1 Å². The third-order valence-electron chi connectivity index (χ3n) is 6.06. The van der Waals surface area contributed by atoms with Crippen LogP contribution < -0.4 is 15.7 Å². The van der Waals surface area contributed by atoms with Crippen molar-refractivity contribution in [3.8, 4) is 11.5 Å². The van der Waals surface area contributed by atoms with Gasteiger partial charge in [-0.05, 0) is 66.0 Å². The number of phenols is 1. The second kappa shape index (κ2) is 10.4. The summed E-state index contributed by atoms with van der Waals surface area (Å²) in [7, 11) is -8.52. The lowest BCUT2D eigenvalue weighted by atomic mass is 10.1. The summed E-state index contributed by atoms with van der Waals surface area (Å²) in [6.07, 6.45) is 0. The number of aromatic hydroxyl groups is 1. The number of carbonyl (C=O) groups is 1. The average Bonchev–Trinajstić information content (AvgIpc) is 3.30. The van der Waals surface area contributed by atoms with Crippen molar-refractivity contribution >= 4 is 65.0 Å². The minimum atomic E-state index is -4.98. The molecule has 0 bridgehead atoms. The Morgan fingerprint density at radius 1 is 0.857 bits per heavy atom. The van der Waals surface area contributed by atoms with Crippen molar-refractivity contribution in [3.05, 3.63) is 76.7 Å². The van der Waals surface area contributed by atoms with Crippen LogP contribution in [-0.2, 0) is 20.2 Å². The van der Waals surface area contributed by atoms with Gasteiger partial charge in [0.05, 0.1) is 23.8 Å². The average molecular weight is 614 g/mol. The summed E-state index contributed by atoms with van der Waals surface area (Å²) < 4.78 is 71.9. The molecule has 0 radical (unpaired) electrons. The third-order valence-corrected chi connectivity index (χ3v) is 7.80. The van der Waals surface area contributed by atoms with Crippen LogP contribution >= 0.6 is 0 Å². The van der Waals surface area contributed by atoms with Crippen molar-refractivity contribution in [2.75, 3.05) is 12.4 Å². The number of nitrogens with one attached hydrogen (secondary N) is 3. The number of hydrogen-bond acceptors (Lipinski definition) is 10. The number of carbonyl (C=O) groups excluding carboxylic acids is 1. The number of anilines is 1. The summed E-state index contributed by atoms with van der Waals surface area (Å²) >= 11 is 0. The van der Waals surface area contributed by atoms with E-state index in [4.69, 9.17) is 4.74 Å². The van der Waals surface area contributed by atoms with Gasteiger partial charge in [0, 0.05) is 16.6 Å². The van der Waals surface area contributed by atoms with Gasteiger partial charge >= 0.3 is 5.69 Å². The highest BCUT2D eigenvalue weighted by atomic mass is 32.2. The molecular formula is C25H19N5O10S2. The first-order valence-corrected chi connectivity index (χ1v) is 14.5. The molecule has 4 aromatic carbocycles. The Kier molecular flexibility index (Phi) is 7.03. The van der Waals surface area contributed by atoms with Gasteiger partial charge in [-0.3, -0.25) is 13.9 Å². The zero-order valence-electron chi connectivity index (χ0n) is 21.2. The number of nitrogens with zero attached hydrogens (tertiary/aromatic N) is 2. The molecule has 1 heterocycles. The number of H-pyrrole nitrogens is 2. The fourth-order valence-corrected chi connectivity index (χ4v) is 5.47. The lowest BCUT2D eigenvalue weighted by molar-refractivity contribution is 0.102. The number of rotatable bonds is 7. The van der Waals surface area contributed by atoms with E-state index in [0.29, 0.717) is 11.0 Å². The minimum Gasteiger partial charge on any atom is -0.505 e. The first-order chi connectivity index (χ1) is 19.7. The van der Waals surface area contributed by atoms with Crippen LogP contribution in [0.5, 0.6) is 11.5 Å². The van der Waals surface area contributed by atoms with E-state index in [2.05, 4.69) is 25.5 Å². The van der Waals surface area contributed by atoms with Crippen molar-refractivity contribution in [2.24, 2.45) is 10.2 Å². The number of hydrogen-bond donors (Lipinski definition) is 6.